The first kappa shape index (κ1) is 14.6. The quantitative estimate of drug-likeness (QED) is 0.726. The Kier molecular flexibility index (Phi) is 4.34. The fourth-order valence-corrected chi connectivity index (χ4v) is 5.20. The largest absolute Gasteiger partial charge is 0.379 e. The van der Waals surface area contributed by atoms with Crippen LogP contribution in [0.25, 0.3) is 0 Å². The molecule has 1 fully saturated rings. The highest BCUT2D eigenvalue weighted by Crippen LogP contribution is 2.52. The summed E-state index contributed by atoms with van der Waals surface area (Å²) in [6.45, 7) is 2.75. The fraction of sp³-hybridized carbons (Fsp3) is 0.250. The maximum Gasteiger partial charge on any atom is 0.0604 e. The Morgan fingerprint density at radius 2 is 1.48 bits per heavy atom. The van der Waals surface area contributed by atoms with E-state index in [1.54, 1.807) is 0 Å². The van der Waals surface area contributed by atoms with Gasteiger partial charge in [0.05, 0.1) is 13.2 Å². The molecule has 21 heavy (non-hydrogen) atoms. The first-order chi connectivity index (χ1) is 10.2. The van der Waals surface area contributed by atoms with E-state index in [1.165, 1.54) is 0 Å². The first-order valence-corrected chi connectivity index (χ1v) is 8.83. The van der Waals surface area contributed by atoms with E-state index in [9.17, 15) is 4.61 Å². The minimum atomic E-state index is -2.22. The van der Waals surface area contributed by atoms with Gasteiger partial charge < -0.3 is 4.74 Å². The fourth-order valence-electron chi connectivity index (χ4n) is 2.48. The first-order valence-electron chi connectivity index (χ1n) is 6.90. The molecule has 3 rings (SSSR count). The summed E-state index contributed by atoms with van der Waals surface area (Å²) in [5.74, 6) is 0. The molecule has 0 N–H and O–H groups in total. The van der Waals surface area contributed by atoms with Crippen molar-refractivity contribution < 1.29 is 4.74 Å². The van der Waals surface area contributed by atoms with Crippen molar-refractivity contribution >= 4 is 21.4 Å². The van der Waals surface area contributed by atoms with Crippen molar-refractivity contribution in [2.24, 2.45) is 0 Å². The van der Waals surface area contributed by atoms with E-state index in [0.29, 0.717) is 18.2 Å². The molecular formula is C16H17ClN2OS. The molecular weight excluding hydrogens is 304 g/mol. The van der Waals surface area contributed by atoms with Crippen LogP contribution in [0.4, 0.5) is 0 Å². The number of nitrogens with zero attached hydrogens (tertiary/aromatic N) is 2. The van der Waals surface area contributed by atoms with E-state index in [0.717, 1.165) is 22.9 Å². The second-order valence-corrected chi connectivity index (χ2v) is 7.85. The number of ether oxygens (including phenoxy) is 1. The number of benzene rings is 2. The van der Waals surface area contributed by atoms with Crippen molar-refractivity contribution in [1.29, 1.82) is 4.61 Å². The second kappa shape index (κ2) is 6.22. The Hall–Kier alpha value is -1.29. The van der Waals surface area contributed by atoms with Crippen LogP contribution in [0.5, 0.6) is 0 Å². The molecule has 1 heterocycles. The van der Waals surface area contributed by atoms with Gasteiger partial charge in [0, 0.05) is 37.7 Å². The van der Waals surface area contributed by atoms with Gasteiger partial charge in [0.1, 0.15) is 0 Å². The van der Waals surface area contributed by atoms with Crippen molar-refractivity contribution in [2.75, 3.05) is 26.3 Å². The van der Waals surface area contributed by atoms with Gasteiger partial charge in [0.15, 0.2) is 0 Å². The number of hydrogen-bond donors (Lipinski definition) is 0. The van der Waals surface area contributed by atoms with Crippen LogP contribution in [0.2, 0.25) is 5.02 Å². The third-order valence-electron chi connectivity index (χ3n) is 3.56. The van der Waals surface area contributed by atoms with Gasteiger partial charge >= 0.3 is 0 Å². The second-order valence-electron chi connectivity index (χ2n) is 4.86. The average Bonchev–Trinajstić information content (AvgIpc) is 2.56. The van der Waals surface area contributed by atoms with Gasteiger partial charge in [-0.2, -0.15) is 0 Å². The summed E-state index contributed by atoms with van der Waals surface area (Å²) >= 11 is 5.99. The van der Waals surface area contributed by atoms with Gasteiger partial charge in [-0.05, 0) is 36.4 Å². The zero-order valence-corrected chi connectivity index (χ0v) is 13.2. The van der Waals surface area contributed by atoms with Crippen LogP contribution in [0.3, 0.4) is 0 Å². The SMILES string of the molecule is N#S(c1ccccc1)(c1ccc(Cl)cc1)N1CCOCC1. The van der Waals surface area contributed by atoms with Crippen molar-refractivity contribution in [2.45, 2.75) is 9.79 Å². The Bertz CT molecular complexity index is 700. The predicted molar refractivity (Wildman–Crippen MR) is 86.1 cm³/mol. The van der Waals surface area contributed by atoms with E-state index in [2.05, 4.69) is 4.31 Å². The Labute approximate surface area is 131 Å². The van der Waals surface area contributed by atoms with Crippen LogP contribution < -0.4 is 0 Å². The molecule has 2 aromatic carbocycles. The predicted octanol–water partition coefficient (Wildman–Crippen LogP) is 4.29. The van der Waals surface area contributed by atoms with Crippen molar-refractivity contribution in [3.63, 3.8) is 0 Å². The maximum atomic E-state index is 11.6. The lowest BCUT2D eigenvalue weighted by Gasteiger charge is -2.35. The van der Waals surface area contributed by atoms with Crippen LogP contribution in [0.15, 0.2) is 64.4 Å². The van der Waals surface area contributed by atoms with E-state index < -0.39 is 9.84 Å². The summed E-state index contributed by atoms with van der Waals surface area (Å²) in [4.78, 5) is 1.84. The molecule has 0 bridgehead atoms. The third-order valence-corrected chi connectivity index (χ3v) is 6.78. The summed E-state index contributed by atoms with van der Waals surface area (Å²) in [7, 11) is -2.22. The Morgan fingerprint density at radius 1 is 0.905 bits per heavy atom. The molecule has 0 spiro atoms. The molecule has 0 amide bonds. The summed E-state index contributed by atoms with van der Waals surface area (Å²) in [5, 5.41) is 0.676. The molecule has 1 aliphatic heterocycles. The molecule has 1 saturated heterocycles. The minimum absolute atomic E-state index is 0.649. The summed E-state index contributed by atoms with van der Waals surface area (Å²) in [6.07, 6.45) is 0. The minimum Gasteiger partial charge on any atom is -0.379 e. The van der Waals surface area contributed by atoms with E-state index in [4.69, 9.17) is 16.3 Å². The van der Waals surface area contributed by atoms with E-state index in [1.807, 2.05) is 54.6 Å². The Morgan fingerprint density at radius 3 is 2.10 bits per heavy atom. The highest BCUT2D eigenvalue weighted by Gasteiger charge is 2.29. The number of hydrogen-bond acceptors (Lipinski definition) is 3. The molecule has 2 aromatic rings. The normalized spacial score (nSPS) is 19.0. The van der Waals surface area contributed by atoms with Gasteiger partial charge in [-0.25, -0.2) is 8.91 Å². The molecule has 0 radical (unpaired) electrons. The zero-order valence-electron chi connectivity index (χ0n) is 11.6. The van der Waals surface area contributed by atoms with Gasteiger partial charge in [-0.15, -0.1) is 0 Å². The van der Waals surface area contributed by atoms with E-state index in [-0.39, 0.29) is 0 Å². The van der Waals surface area contributed by atoms with Crippen LogP contribution >= 0.6 is 21.4 Å². The highest BCUT2D eigenvalue weighted by molar-refractivity contribution is 8.19. The molecule has 5 heteroatoms. The van der Waals surface area contributed by atoms with Gasteiger partial charge in [0.25, 0.3) is 0 Å². The van der Waals surface area contributed by atoms with Gasteiger partial charge in [0.2, 0.25) is 0 Å². The van der Waals surface area contributed by atoms with Crippen LogP contribution in [-0.2, 0) is 4.74 Å². The summed E-state index contributed by atoms with van der Waals surface area (Å²) in [5.41, 5.74) is 0. The van der Waals surface area contributed by atoms with Crippen LogP contribution in [0, 0.1) is 4.61 Å². The standard InChI is InChI=1S/C16H17ClN2OS/c17-14-6-8-16(9-7-14)21(18,15-4-2-1-3-5-15)19-10-12-20-13-11-19/h1-9H,10-13H2. The molecule has 1 unspecified atom stereocenters. The van der Waals surface area contributed by atoms with Crippen molar-refractivity contribution in [1.82, 2.24) is 4.31 Å². The lowest BCUT2D eigenvalue weighted by atomic mass is 10.4. The monoisotopic (exact) mass is 320 g/mol. The molecule has 0 aromatic heterocycles. The molecule has 3 nitrogen and oxygen atoms in total. The average molecular weight is 321 g/mol. The number of morpholine rings is 1. The third kappa shape index (κ3) is 2.86. The molecule has 0 saturated carbocycles. The summed E-state index contributed by atoms with van der Waals surface area (Å²) in [6, 6.07) is 17.4. The maximum absolute atomic E-state index is 11.6. The number of halogens is 1. The van der Waals surface area contributed by atoms with Gasteiger partial charge in [-0.1, -0.05) is 29.8 Å². The van der Waals surface area contributed by atoms with Crippen molar-refractivity contribution in [3.8, 4) is 0 Å². The summed E-state index contributed by atoms with van der Waals surface area (Å²) < 4.78 is 19.1. The van der Waals surface area contributed by atoms with Crippen LogP contribution in [-0.4, -0.2) is 30.6 Å². The van der Waals surface area contributed by atoms with E-state index >= 15 is 0 Å². The smallest absolute Gasteiger partial charge is 0.0604 e. The zero-order chi connectivity index (χ0) is 14.7. The number of rotatable bonds is 0. The lowest BCUT2D eigenvalue weighted by Crippen LogP contribution is -2.35. The molecule has 1 aliphatic rings. The molecule has 1 atom stereocenters. The Balaban J connectivity index is 2.11. The molecule has 0 aliphatic carbocycles. The van der Waals surface area contributed by atoms with Gasteiger partial charge in [-0.3, -0.25) is 0 Å². The lowest BCUT2D eigenvalue weighted by molar-refractivity contribution is 0.0759. The van der Waals surface area contributed by atoms with Crippen LogP contribution in [0.1, 0.15) is 0 Å². The topological polar surface area (TPSA) is 36.3 Å². The highest BCUT2D eigenvalue weighted by atomic mass is 35.5. The molecule has 110 valence electrons. The van der Waals surface area contributed by atoms with Crippen molar-refractivity contribution in [3.05, 3.63) is 59.6 Å².